The van der Waals surface area contributed by atoms with Gasteiger partial charge >= 0.3 is 0 Å². The molecule has 6 heteroatoms. The number of hydrogen-bond donors (Lipinski definition) is 4. The fraction of sp³-hybridized carbons (Fsp3) is 0.913. The van der Waals surface area contributed by atoms with Crippen LogP contribution in [0.5, 0.6) is 0 Å². The third kappa shape index (κ3) is 4.07. The number of nitrogens with one attached hydrogen (secondary N) is 2. The predicted molar refractivity (Wildman–Crippen MR) is 112 cm³/mol. The van der Waals surface area contributed by atoms with E-state index in [2.05, 4.69) is 10.6 Å². The van der Waals surface area contributed by atoms with Gasteiger partial charge in [0.1, 0.15) is 5.41 Å². The van der Waals surface area contributed by atoms with Gasteiger partial charge < -0.3 is 20.8 Å². The standard InChI is InChI=1S/C23H40N2O4/c1-19(2,3)15(22(28)9-7-10-22)24-17(26)21(13-14-21)18(27)25-16(20(4,5)6)23(29)11-8-12-23/h15-16,28-29H,7-14H2,1-6H3,(H,24,26)(H,25,27)/t15-,16-/m1/s1. The molecule has 0 aliphatic heterocycles. The van der Waals surface area contributed by atoms with E-state index < -0.39 is 28.7 Å². The zero-order valence-corrected chi connectivity index (χ0v) is 19.0. The van der Waals surface area contributed by atoms with Crippen molar-refractivity contribution in [2.24, 2.45) is 16.2 Å². The highest BCUT2D eigenvalue weighted by molar-refractivity contribution is 6.08. The molecule has 3 aliphatic rings. The van der Waals surface area contributed by atoms with Crippen LogP contribution >= 0.6 is 0 Å². The van der Waals surface area contributed by atoms with E-state index in [0.717, 1.165) is 12.8 Å². The van der Waals surface area contributed by atoms with Crippen molar-refractivity contribution in [3.05, 3.63) is 0 Å². The Labute approximate surface area is 175 Å². The molecule has 0 aromatic rings. The topological polar surface area (TPSA) is 98.7 Å². The molecule has 2 atom stereocenters. The van der Waals surface area contributed by atoms with Gasteiger partial charge in [-0.25, -0.2) is 0 Å². The molecule has 3 fully saturated rings. The van der Waals surface area contributed by atoms with Crippen LogP contribution in [0, 0.1) is 16.2 Å². The molecule has 6 nitrogen and oxygen atoms in total. The first-order valence-electron chi connectivity index (χ1n) is 11.2. The second-order valence-electron chi connectivity index (χ2n) is 12.0. The summed E-state index contributed by atoms with van der Waals surface area (Å²) >= 11 is 0. The second kappa shape index (κ2) is 6.94. The number of aliphatic hydroxyl groups is 2. The van der Waals surface area contributed by atoms with Gasteiger partial charge in [-0.2, -0.15) is 0 Å². The first-order chi connectivity index (χ1) is 13.1. The first kappa shape index (κ1) is 22.5. The van der Waals surface area contributed by atoms with E-state index in [1.54, 1.807) is 0 Å². The maximum absolute atomic E-state index is 13.2. The van der Waals surface area contributed by atoms with Crippen molar-refractivity contribution < 1.29 is 19.8 Å². The van der Waals surface area contributed by atoms with Crippen molar-refractivity contribution >= 4 is 11.8 Å². The van der Waals surface area contributed by atoms with Crippen LogP contribution < -0.4 is 10.6 Å². The largest absolute Gasteiger partial charge is 0.388 e. The summed E-state index contributed by atoms with van der Waals surface area (Å²) in [5.74, 6) is -0.577. The number of amides is 2. The van der Waals surface area contributed by atoms with Gasteiger partial charge in [-0.05, 0) is 62.2 Å². The van der Waals surface area contributed by atoms with E-state index in [9.17, 15) is 19.8 Å². The van der Waals surface area contributed by atoms with Gasteiger partial charge in [-0.1, -0.05) is 41.5 Å². The molecule has 0 spiro atoms. The minimum Gasteiger partial charge on any atom is -0.388 e. The molecule has 0 saturated heterocycles. The predicted octanol–water partition coefficient (Wildman–Crippen LogP) is 2.66. The highest BCUT2D eigenvalue weighted by Gasteiger charge is 2.60. The molecule has 3 aliphatic carbocycles. The lowest BCUT2D eigenvalue weighted by Gasteiger charge is -2.50. The average Bonchev–Trinajstić information content (AvgIpc) is 3.32. The van der Waals surface area contributed by atoms with Crippen molar-refractivity contribution in [3.8, 4) is 0 Å². The van der Waals surface area contributed by atoms with Gasteiger partial charge in [0.05, 0.1) is 23.3 Å². The highest BCUT2D eigenvalue weighted by Crippen LogP contribution is 2.49. The molecule has 0 aromatic carbocycles. The maximum Gasteiger partial charge on any atom is 0.236 e. The van der Waals surface area contributed by atoms with E-state index in [1.165, 1.54) is 0 Å². The monoisotopic (exact) mass is 408 g/mol. The van der Waals surface area contributed by atoms with Crippen LogP contribution in [0.15, 0.2) is 0 Å². The zero-order chi connectivity index (χ0) is 21.9. The quantitative estimate of drug-likeness (QED) is 0.508. The highest BCUT2D eigenvalue weighted by atomic mass is 16.3. The Kier molecular flexibility index (Phi) is 5.40. The molecule has 0 heterocycles. The lowest BCUT2D eigenvalue weighted by Crippen LogP contribution is -2.65. The van der Waals surface area contributed by atoms with E-state index in [4.69, 9.17) is 0 Å². The van der Waals surface area contributed by atoms with Crippen molar-refractivity contribution in [2.45, 2.75) is 116 Å². The summed E-state index contributed by atoms with van der Waals surface area (Å²) in [7, 11) is 0. The molecule has 3 saturated carbocycles. The second-order valence-corrected chi connectivity index (χ2v) is 12.0. The van der Waals surface area contributed by atoms with E-state index in [-0.39, 0.29) is 22.6 Å². The van der Waals surface area contributed by atoms with Gasteiger partial charge in [-0.15, -0.1) is 0 Å². The summed E-state index contributed by atoms with van der Waals surface area (Å²) < 4.78 is 0. The van der Waals surface area contributed by atoms with Gasteiger partial charge in [0.2, 0.25) is 11.8 Å². The van der Waals surface area contributed by atoms with E-state index in [1.807, 2.05) is 41.5 Å². The molecule has 0 aromatic heterocycles. The van der Waals surface area contributed by atoms with Crippen LogP contribution in [0.3, 0.4) is 0 Å². The third-order valence-corrected chi connectivity index (χ3v) is 7.42. The summed E-state index contributed by atoms with van der Waals surface area (Å²) in [6.45, 7) is 12.1. The summed E-state index contributed by atoms with van der Waals surface area (Å²) in [6, 6.07) is -0.786. The Morgan fingerprint density at radius 3 is 1.17 bits per heavy atom. The fourth-order valence-electron chi connectivity index (χ4n) is 5.19. The zero-order valence-electron chi connectivity index (χ0n) is 19.0. The van der Waals surface area contributed by atoms with Gasteiger partial charge in [0.25, 0.3) is 0 Å². The van der Waals surface area contributed by atoms with Crippen molar-refractivity contribution in [1.82, 2.24) is 10.6 Å². The minimum atomic E-state index is -1.08. The Bertz CT molecular complexity index is 607. The Balaban J connectivity index is 1.74. The summed E-state index contributed by atoms with van der Waals surface area (Å²) in [4.78, 5) is 26.5. The third-order valence-electron chi connectivity index (χ3n) is 7.42. The van der Waals surface area contributed by atoms with Crippen LogP contribution in [-0.4, -0.2) is 45.3 Å². The van der Waals surface area contributed by atoms with Crippen molar-refractivity contribution in [3.63, 3.8) is 0 Å². The normalized spacial score (nSPS) is 26.3. The van der Waals surface area contributed by atoms with Crippen LogP contribution in [0.1, 0.15) is 92.9 Å². The Morgan fingerprint density at radius 1 is 0.690 bits per heavy atom. The van der Waals surface area contributed by atoms with E-state index in [0.29, 0.717) is 38.5 Å². The smallest absolute Gasteiger partial charge is 0.236 e. The van der Waals surface area contributed by atoms with Crippen LogP contribution in [0.2, 0.25) is 0 Å². The molecule has 29 heavy (non-hydrogen) atoms. The van der Waals surface area contributed by atoms with Gasteiger partial charge in [-0.3, -0.25) is 9.59 Å². The van der Waals surface area contributed by atoms with E-state index >= 15 is 0 Å². The molecule has 0 unspecified atom stereocenters. The molecule has 2 amide bonds. The fourth-order valence-corrected chi connectivity index (χ4v) is 5.19. The van der Waals surface area contributed by atoms with Crippen LogP contribution in [-0.2, 0) is 9.59 Å². The van der Waals surface area contributed by atoms with Crippen molar-refractivity contribution in [1.29, 1.82) is 0 Å². The molecule has 166 valence electrons. The number of carbonyl (C=O) groups is 2. The molecular formula is C23H40N2O4. The number of rotatable bonds is 6. The van der Waals surface area contributed by atoms with Crippen LogP contribution in [0.4, 0.5) is 0 Å². The number of carbonyl (C=O) groups excluding carboxylic acids is 2. The molecule has 3 rings (SSSR count). The number of hydrogen-bond acceptors (Lipinski definition) is 4. The lowest BCUT2D eigenvalue weighted by atomic mass is 9.66. The van der Waals surface area contributed by atoms with Gasteiger partial charge in [0.15, 0.2) is 0 Å². The molecule has 0 radical (unpaired) electrons. The first-order valence-corrected chi connectivity index (χ1v) is 11.2. The Morgan fingerprint density at radius 2 is 1.00 bits per heavy atom. The SMILES string of the molecule is CC(C)(C)[C@@H](NC(=O)C1(C(=O)N[C@H](C(C)(C)C)C2(O)CCC2)CC1)C1(O)CCC1. The molecular weight excluding hydrogens is 368 g/mol. The van der Waals surface area contributed by atoms with Crippen LogP contribution in [0.25, 0.3) is 0 Å². The lowest BCUT2D eigenvalue weighted by molar-refractivity contribution is -0.148. The summed E-state index contributed by atoms with van der Waals surface area (Å²) in [5.41, 5.74) is -3.49. The average molecular weight is 409 g/mol. The summed E-state index contributed by atoms with van der Waals surface area (Å²) in [5, 5.41) is 28.0. The van der Waals surface area contributed by atoms with Crippen molar-refractivity contribution in [2.75, 3.05) is 0 Å². The van der Waals surface area contributed by atoms with Gasteiger partial charge in [0, 0.05) is 0 Å². The molecule has 0 bridgehead atoms. The minimum absolute atomic E-state index is 0.288. The Hall–Kier alpha value is -1.14. The maximum atomic E-state index is 13.2. The molecule has 4 N–H and O–H groups in total. The summed E-state index contributed by atoms with van der Waals surface area (Å²) in [6.07, 6.45) is 5.62.